The number of carbonyl (C=O) groups is 3. The minimum absolute atomic E-state index is 0.0688. The number of ether oxygens (including phenoxy) is 1. The summed E-state index contributed by atoms with van der Waals surface area (Å²) in [4.78, 5) is 35.6. The number of carbonyl (C=O) groups excluding carboxylic acids is 2. The van der Waals surface area contributed by atoms with Crippen LogP contribution in [0.1, 0.15) is 47.5 Å². The zero-order valence-electron chi connectivity index (χ0n) is 13.2. The maximum Gasteiger partial charge on any atom is 0.341 e. The number of aliphatic carboxylic acids is 1. The molecule has 0 saturated carbocycles. The lowest BCUT2D eigenvalue weighted by Crippen LogP contribution is -2.18. The monoisotopic (exact) mass is 327 g/mol. The van der Waals surface area contributed by atoms with E-state index < -0.39 is 11.9 Å². The second-order valence-electron chi connectivity index (χ2n) is 5.16. The Morgan fingerprint density at radius 2 is 1.91 bits per heavy atom. The number of hydrogen-bond acceptors (Lipinski definition) is 5. The van der Waals surface area contributed by atoms with Crippen molar-refractivity contribution in [2.24, 2.45) is 5.92 Å². The van der Waals surface area contributed by atoms with Gasteiger partial charge in [0.05, 0.1) is 12.2 Å². The van der Waals surface area contributed by atoms with E-state index in [1.165, 1.54) is 11.3 Å². The second-order valence-corrected chi connectivity index (χ2v) is 6.39. The van der Waals surface area contributed by atoms with Gasteiger partial charge in [0.1, 0.15) is 5.00 Å². The van der Waals surface area contributed by atoms with Crippen LogP contribution in [0.25, 0.3) is 0 Å². The molecule has 2 N–H and O–H groups in total. The molecule has 1 rings (SSSR count). The van der Waals surface area contributed by atoms with Gasteiger partial charge in [-0.2, -0.15) is 0 Å². The smallest absolute Gasteiger partial charge is 0.341 e. The summed E-state index contributed by atoms with van der Waals surface area (Å²) >= 11 is 1.32. The topological polar surface area (TPSA) is 92.7 Å². The average molecular weight is 327 g/mol. The number of aryl methyl sites for hydroxylation is 1. The number of anilines is 1. The van der Waals surface area contributed by atoms with Gasteiger partial charge >= 0.3 is 11.9 Å². The Balaban J connectivity index is 2.85. The van der Waals surface area contributed by atoms with Gasteiger partial charge in [0.15, 0.2) is 0 Å². The highest BCUT2D eigenvalue weighted by molar-refractivity contribution is 7.16. The first-order chi connectivity index (χ1) is 10.3. The highest BCUT2D eigenvalue weighted by Crippen LogP contribution is 2.33. The highest BCUT2D eigenvalue weighted by atomic mass is 32.1. The zero-order valence-corrected chi connectivity index (χ0v) is 14.0. The van der Waals surface area contributed by atoms with Crippen LogP contribution >= 0.6 is 11.3 Å². The lowest BCUT2D eigenvalue weighted by Gasteiger charge is -2.10. The van der Waals surface area contributed by atoms with Crippen LogP contribution in [0.3, 0.4) is 0 Å². The molecule has 0 aliphatic carbocycles. The molecule has 0 fully saturated rings. The van der Waals surface area contributed by atoms with Crippen LogP contribution in [-0.2, 0) is 14.3 Å². The molecule has 0 unspecified atom stereocenters. The molecule has 0 radical (unpaired) electrons. The van der Waals surface area contributed by atoms with Gasteiger partial charge in [0.25, 0.3) is 0 Å². The van der Waals surface area contributed by atoms with E-state index in [-0.39, 0.29) is 31.3 Å². The maximum absolute atomic E-state index is 12.0. The van der Waals surface area contributed by atoms with Crippen LogP contribution in [0.5, 0.6) is 0 Å². The summed E-state index contributed by atoms with van der Waals surface area (Å²) in [6, 6.07) is 0. The second kappa shape index (κ2) is 7.93. The van der Waals surface area contributed by atoms with Crippen LogP contribution in [0.2, 0.25) is 0 Å². The minimum atomic E-state index is -0.935. The van der Waals surface area contributed by atoms with Crippen molar-refractivity contribution >= 4 is 34.2 Å². The Kier molecular flexibility index (Phi) is 6.55. The fourth-order valence-corrected chi connectivity index (χ4v) is 3.09. The molecule has 6 nitrogen and oxygen atoms in total. The molecule has 22 heavy (non-hydrogen) atoms. The Labute approximate surface area is 133 Å². The number of amides is 1. The third-order valence-corrected chi connectivity index (χ3v) is 4.30. The molecule has 0 bridgehead atoms. The van der Waals surface area contributed by atoms with Crippen molar-refractivity contribution < 1.29 is 24.2 Å². The Bertz CT molecular complexity index is 579. The minimum Gasteiger partial charge on any atom is -0.481 e. The van der Waals surface area contributed by atoms with Crippen molar-refractivity contribution in [3.05, 3.63) is 16.0 Å². The van der Waals surface area contributed by atoms with E-state index in [0.29, 0.717) is 10.6 Å². The lowest BCUT2D eigenvalue weighted by molar-refractivity contribution is -0.138. The number of esters is 1. The Morgan fingerprint density at radius 3 is 2.45 bits per heavy atom. The van der Waals surface area contributed by atoms with Crippen LogP contribution in [0, 0.1) is 19.8 Å². The Morgan fingerprint density at radius 1 is 1.27 bits per heavy atom. The lowest BCUT2D eigenvalue weighted by atomic mass is 10.0. The van der Waals surface area contributed by atoms with E-state index in [9.17, 15) is 14.4 Å². The summed E-state index contributed by atoms with van der Waals surface area (Å²) in [6.07, 6.45) is 0.0191. The molecule has 7 heteroatoms. The van der Waals surface area contributed by atoms with Crippen molar-refractivity contribution in [1.82, 2.24) is 0 Å². The molecule has 1 atom stereocenters. The molecule has 0 aromatic carbocycles. The molecule has 0 spiro atoms. The molecule has 1 amide bonds. The van der Waals surface area contributed by atoms with E-state index >= 15 is 0 Å². The third-order valence-electron chi connectivity index (χ3n) is 3.17. The summed E-state index contributed by atoms with van der Waals surface area (Å²) in [7, 11) is 0. The summed E-state index contributed by atoms with van der Waals surface area (Å²) in [6.45, 7) is 7.35. The van der Waals surface area contributed by atoms with E-state index in [1.54, 1.807) is 20.8 Å². The molecular weight excluding hydrogens is 306 g/mol. The molecule has 0 aliphatic heterocycles. The van der Waals surface area contributed by atoms with Gasteiger partial charge in [-0.05, 0) is 32.3 Å². The molecule has 0 saturated heterocycles. The van der Waals surface area contributed by atoms with Crippen molar-refractivity contribution in [1.29, 1.82) is 0 Å². The number of rotatable bonds is 7. The van der Waals surface area contributed by atoms with Crippen molar-refractivity contribution in [3.8, 4) is 0 Å². The van der Waals surface area contributed by atoms with Gasteiger partial charge < -0.3 is 15.2 Å². The normalized spacial score (nSPS) is 11.8. The number of hydrogen-bond donors (Lipinski definition) is 2. The highest BCUT2D eigenvalue weighted by Gasteiger charge is 2.22. The van der Waals surface area contributed by atoms with Gasteiger partial charge in [-0.15, -0.1) is 11.3 Å². The SMILES string of the molecule is CCOC(=O)c1c(NC(=O)C[C@@H](C)CC(=O)O)sc(C)c1C. The largest absolute Gasteiger partial charge is 0.481 e. The summed E-state index contributed by atoms with van der Waals surface area (Å²) in [5.41, 5.74) is 1.17. The first-order valence-corrected chi connectivity index (χ1v) is 7.86. The average Bonchev–Trinajstić information content (AvgIpc) is 2.63. The van der Waals surface area contributed by atoms with Gasteiger partial charge in [0.2, 0.25) is 5.91 Å². The van der Waals surface area contributed by atoms with E-state index in [2.05, 4.69) is 5.32 Å². The van der Waals surface area contributed by atoms with Gasteiger partial charge in [-0.1, -0.05) is 6.92 Å². The number of carboxylic acid groups (broad SMARTS) is 1. The van der Waals surface area contributed by atoms with Gasteiger partial charge in [-0.25, -0.2) is 4.79 Å². The van der Waals surface area contributed by atoms with E-state index in [0.717, 1.165) is 10.4 Å². The predicted octanol–water partition coefficient (Wildman–Crippen LogP) is 2.98. The first kappa shape index (κ1) is 18.2. The number of thiophene rings is 1. The zero-order chi connectivity index (χ0) is 16.9. The standard InChI is InChI=1S/C15H21NO5S/c1-5-21-15(20)13-9(3)10(4)22-14(13)16-11(17)6-8(2)7-12(18)19/h8H,5-7H2,1-4H3,(H,16,17)(H,18,19)/t8-/m1/s1. The quantitative estimate of drug-likeness (QED) is 0.751. The third kappa shape index (κ3) is 4.84. The van der Waals surface area contributed by atoms with Crippen molar-refractivity contribution in [2.45, 2.75) is 40.5 Å². The summed E-state index contributed by atoms with van der Waals surface area (Å²) in [5.74, 6) is -1.97. The fourth-order valence-electron chi connectivity index (χ4n) is 2.03. The van der Waals surface area contributed by atoms with Crippen LogP contribution in [0.4, 0.5) is 5.00 Å². The molecule has 0 aliphatic rings. The fraction of sp³-hybridized carbons (Fsp3) is 0.533. The number of nitrogens with one attached hydrogen (secondary N) is 1. The van der Waals surface area contributed by atoms with E-state index in [1.807, 2.05) is 6.92 Å². The van der Waals surface area contributed by atoms with E-state index in [4.69, 9.17) is 9.84 Å². The van der Waals surface area contributed by atoms with Crippen LogP contribution in [0.15, 0.2) is 0 Å². The maximum atomic E-state index is 12.0. The van der Waals surface area contributed by atoms with Crippen LogP contribution < -0.4 is 5.32 Å². The number of carboxylic acids is 1. The van der Waals surface area contributed by atoms with Crippen LogP contribution in [-0.4, -0.2) is 29.6 Å². The summed E-state index contributed by atoms with van der Waals surface area (Å²) in [5, 5.41) is 11.9. The predicted molar refractivity (Wildman–Crippen MR) is 84.4 cm³/mol. The first-order valence-electron chi connectivity index (χ1n) is 7.05. The molecule has 1 aromatic rings. The van der Waals surface area contributed by atoms with Crippen molar-refractivity contribution in [2.75, 3.05) is 11.9 Å². The molecular formula is C15H21NO5S. The Hall–Kier alpha value is -1.89. The van der Waals surface area contributed by atoms with Gasteiger partial charge in [-0.3, -0.25) is 9.59 Å². The molecule has 122 valence electrons. The van der Waals surface area contributed by atoms with Gasteiger partial charge in [0, 0.05) is 17.7 Å². The molecule has 1 heterocycles. The summed E-state index contributed by atoms with van der Waals surface area (Å²) < 4.78 is 5.02. The molecule has 1 aromatic heterocycles. The van der Waals surface area contributed by atoms with Crippen molar-refractivity contribution in [3.63, 3.8) is 0 Å².